The second-order valence-electron chi connectivity index (χ2n) is 4.20. The van der Waals surface area contributed by atoms with Crippen molar-refractivity contribution < 1.29 is 9.18 Å². The van der Waals surface area contributed by atoms with E-state index in [1.165, 1.54) is 0 Å². The van der Waals surface area contributed by atoms with E-state index in [2.05, 4.69) is 15.3 Å². The third-order valence-electron chi connectivity index (χ3n) is 2.94. The highest BCUT2D eigenvalue weighted by atomic mass is 19.1. The minimum absolute atomic E-state index is 0.224. The van der Waals surface area contributed by atoms with Gasteiger partial charge in [-0.3, -0.25) is 9.79 Å². The number of hydrogen-bond acceptors (Lipinski definition) is 4. The summed E-state index contributed by atoms with van der Waals surface area (Å²) in [5.74, 6) is -0.176. The Morgan fingerprint density at radius 2 is 2.50 bits per heavy atom. The summed E-state index contributed by atoms with van der Waals surface area (Å²) in [6, 6.07) is 0. The molecule has 0 unspecified atom stereocenters. The number of nitrogens with one attached hydrogen (secondary N) is 1. The third kappa shape index (κ3) is 2.11. The lowest BCUT2D eigenvalue weighted by Gasteiger charge is -2.25. The maximum absolute atomic E-state index is 13.7. The number of nitrogens with two attached hydrogens (primary N) is 1. The number of nitrogens with zero attached hydrogens (tertiary/aromatic N) is 2. The van der Waals surface area contributed by atoms with Crippen molar-refractivity contribution in [3.8, 4) is 0 Å². The summed E-state index contributed by atoms with van der Waals surface area (Å²) in [6.45, 7) is 1.57. The molecule has 2 aliphatic heterocycles. The van der Waals surface area contributed by atoms with Crippen molar-refractivity contribution in [3.63, 3.8) is 0 Å². The van der Waals surface area contributed by atoms with Crippen molar-refractivity contribution in [2.45, 2.75) is 18.5 Å². The average molecular weight is 226 g/mol. The Morgan fingerprint density at radius 3 is 3.00 bits per heavy atom. The van der Waals surface area contributed by atoms with Gasteiger partial charge >= 0.3 is 0 Å². The van der Waals surface area contributed by atoms with E-state index in [-0.39, 0.29) is 12.5 Å². The maximum atomic E-state index is 13.7. The second-order valence-corrected chi connectivity index (χ2v) is 4.20. The van der Waals surface area contributed by atoms with Crippen LogP contribution >= 0.6 is 0 Å². The number of rotatable bonds is 2. The van der Waals surface area contributed by atoms with Crippen LogP contribution in [0.25, 0.3) is 0 Å². The molecule has 0 aromatic rings. The number of aliphatic imine (C=N–C) groups is 2. The monoisotopic (exact) mass is 226 g/mol. The molecule has 2 heterocycles. The lowest BCUT2D eigenvalue weighted by Crippen LogP contribution is -2.47. The van der Waals surface area contributed by atoms with E-state index in [9.17, 15) is 9.18 Å². The van der Waals surface area contributed by atoms with Crippen molar-refractivity contribution in [2.75, 3.05) is 19.6 Å². The smallest absolute Gasteiger partial charge is 0.262 e. The number of hydrogen-bond donors (Lipinski definition) is 2. The fourth-order valence-corrected chi connectivity index (χ4v) is 1.89. The standard InChI is InChI=1S/C10H15FN4O/c11-10(9(12)16)5-14-8(15-6-10)7-2-1-3-13-4-7/h5,7,13H,1-4,6H2,(H2,12,16)/t7-,10+/m0/s1. The van der Waals surface area contributed by atoms with Crippen LogP contribution in [0.15, 0.2) is 9.98 Å². The molecule has 1 amide bonds. The van der Waals surface area contributed by atoms with Crippen LogP contribution in [0.4, 0.5) is 4.39 Å². The van der Waals surface area contributed by atoms with Gasteiger partial charge in [0.2, 0.25) is 5.67 Å². The largest absolute Gasteiger partial charge is 0.366 e. The topological polar surface area (TPSA) is 79.8 Å². The van der Waals surface area contributed by atoms with Gasteiger partial charge in [-0.1, -0.05) is 0 Å². The Labute approximate surface area is 93.0 Å². The van der Waals surface area contributed by atoms with E-state index in [1.54, 1.807) is 0 Å². The van der Waals surface area contributed by atoms with Gasteiger partial charge in [-0.25, -0.2) is 9.38 Å². The third-order valence-corrected chi connectivity index (χ3v) is 2.94. The SMILES string of the molecule is NC(=O)[C@@]1(F)C=NC([C@H]2CCCNC2)=NC1. The van der Waals surface area contributed by atoms with Crippen LogP contribution in [-0.4, -0.2) is 43.3 Å². The number of carbonyl (C=O) groups is 1. The molecule has 1 saturated heterocycles. The minimum atomic E-state index is -2.20. The van der Waals surface area contributed by atoms with Crippen LogP contribution in [0.2, 0.25) is 0 Å². The average Bonchev–Trinajstić information content (AvgIpc) is 2.31. The molecule has 1 fully saturated rings. The predicted molar refractivity (Wildman–Crippen MR) is 59.4 cm³/mol. The highest BCUT2D eigenvalue weighted by Gasteiger charge is 2.37. The normalized spacial score (nSPS) is 34.6. The zero-order valence-corrected chi connectivity index (χ0v) is 8.95. The van der Waals surface area contributed by atoms with Gasteiger partial charge in [0.05, 0.1) is 12.8 Å². The summed E-state index contributed by atoms with van der Waals surface area (Å²) in [5.41, 5.74) is 2.74. The van der Waals surface area contributed by atoms with Gasteiger partial charge in [0.1, 0.15) is 5.84 Å². The molecule has 2 aliphatic rings. The molecule has 0 spiro atoms. The van der Waals surface area contributed by atoms with Crippen LogP contribution < -0.4 is 11.1 Å². The number of primary amides is 1. The van der Waals surface area contributed by atoms with Crippen molar-refractivity contribution in [1.82, 2.24) is 5.32 Å². The van der Waals surface area contributed by atoms with E-state index >= 15 is 0 Å². The number of carbonyl (C=O) groups excluding carboxylic acids is 1. The van der Waals surface area contributed by atoms with E-state index < -0.39 is 11.6 Å². The Bertz CT molecular complexity index is 349. The highest BCUT2D eigenvalue weighted by molar-refractivity contribution is 6.07. The fraction of sp³-hybridized carbons (Fsp3) is 0.700. The minimum Gasteiger partial charge on any atom is -0.366 e. The molecule has 0 aromatic carbocycles. The molecule has 0 radical (unpaired) electrons. The molecular weight excluding hydrogens is 211 g/mol. The Hall–Kier alpha value is -1.30. The molecule has 16 heavy (non-hydrogen) atoms. The van der Waals surface area contributed by atoms with Gasteiger partial charge in [0, 0.05) is 12.5 Å². The molecule has 0 bridgehead atoms. The summed E-state index contributed by atoms with van der Waals surface area (Å²) >= 11 is 0. The van der Waals surface area contributed by atoms with Gasteiger partial charge in [-0.15, -0.1) is 0 Å². The lowest BCUT2D eigenvalue weighted by atomic mass is 9.97. The first-order valence-corrected chi connectivity index (χ1v) is 5.41. The summed E-state index contributed by atoms with van der Waals surface area (Å²) in [6.07, 6.45) is 3.06. The summed E-state index contributed by atoms with van der Waals surface area (Å²) in [7, 11) is 0. The zero-order valence-electron chi connectivity index (χ0n) is 8.95. The van der Waals surface area contributed by atoms with Crippen molar-refractivity contribution in [3.05, 3.63) is 0 Å². The van der Waals surface area contributed by atoms with Crippen LogP contribution in [0.5, 0.6) is 0 Å². The first-order valence-electron chi connectivity index (χ1n) is 5.41. The number of amidine groups is 1. The Kier molecular flexibility index (Phi) is 3.00. The van der Waals surface area contributed by atoms with Crippen molar-refractivity contribution in [2.24, 2.45) is 21.6 Å². The quantitative estimate of drug-likeness (QED) is 0.675. The predicted octanol–water partition coefficient (Wildman–Crippen LogP) is -0.337. The van der Waals surface area contributed by atoms with E-state index in [1.807, 2.05) is 0 Å². The molecule has 3 N–H and O–H groups in total. The van der Waals surface area contributed by atoms with Gasteiger partial charge in [-0.05, 0) is 19.4 Å². The van der Waals surface area contributed by atoms with Gasteiger partial charge < -0.3 is 11.1 Å². The Balaban J connectivity index is 2.03. The van der Waals surface area contributed by atoms with E-state index in [4.69, 9.17) is 5.73 Å². The van der Waals surface area contributed by atoms with E-state index in [0.29, 0.717) is 5.84 Å². The van der Waals surface area contributed by atoms with Crippen LogP contribution in [0.3, 0.4) is 0 Å². The first kappa shape index (κ1) is 11.2. The van der Waals surface area contributed by atoms with Crippen molar-refractivity contribution >= 4 is 18.0 Å². The maximum Gasteiger partial charge on any atom is 0.262 e. The number of amides is 1. The molecule has 0 aromatic heterocycles. The first-order chi connectivity index (χ1) is 7.62. The fourth-order valence-electron chi connectivity index (χ4n) is 1.89. The van der Waals surface area contributed by atoms with Crippen LogP contribution in [0.1, 0.15) is 12.8 Å². The van der Waals surface area contributed by atoms with Gasteiger partial charge in [0.25, 0.3) is 5.91 Å². The zero-order chi connectivity index (χ0) is 11.6. The van der Waals surface area contributed by atoms with Crippen LogP contribution in [0, 0.1) is 5.92 Å². The molecule has 2 rings (SSSR count). The van der Waals surface area contributed by atoms with Gasteiger partial charge in [0.15, 0.2) is 0 Å². The molecule has 2 atom stereocenters. The highest BCUT2D eigenvalue weighted by Crippen LogP contribution is 2.19. The number of halogens is 1. The summed E-state index contributed by atoms with van der Waals surface area (Å²) in [4.78, 5) is 18.8. The second kappa shape index (κ2) is 4.29. The molecule has 5 nitrogen and oxygen atoms in total. The molecule has 6 heteroatoms. The molecular formula is C10H15FN4O. The van der Waals surface area contributed by atoms with E-state index in [0.717, 1.165) is 32.1 Å². The number of alkyl halides is 1. The molecule has 88 valence electrons. The van der Waals surface area contributed by atoms with Crippen LogP contribution in [-0.2, 0) is 4.79 Å². The lowest BCUT2D eigenvalue weighted by molar-refractivity contribution is -0.124. The van der Waals surface area contributed by atoms with Gasteiger partial charge in [-0.2, -0.15) is 0 Å². The Morgan fingerprint density at radius 1 is 1.69 bits per heavy atom. The summed E-state index contributed by atoms with van der Waals surface area (Å²) in [5, 5.41) is 3.24. The molecule has 0 saturated carbocycles. The molecule has 0 aliphatic carbocycles. The van der Waals surface area contributed by atoms with Crippen molar-refractivity contribution in [1.29, 1.82) is 0 Å². The number of piperidine rings is 1. The summed E-state index contributed by atoms with van der Waals surface area (Å²) < 4.78 is 13.7.